The highest BCUT2D eigenvalue weighted by molar-refractivity contribution is 5.93. The summed E-state index contributed by atoms with van der Waals surface area (Å²) in [5.41, 5.74) is 7.14. The number of rotatable bonds is 4. The number of allylic oxidation sites excluding steroid dienone is 2. The maximum atomic E-state index is 11.6. The van der Waals surface area contributed by atoms with Gasteiger partial charge in [0.1, 0.15) is 0 Å². The molecule has 0 unspecified atom stereocenters. The standard InChI is InChI=1S/C26H22N4O/c1-18-24(29-19(2)31)11-7-12-26(18)30-16-21(23-9-4-3-8-20(23)15-27)14-22(17-30)25-10-5-6-13-28-25/h3-14,17H,16H2,1-2H3,(H,29,31). The number of hydrogen-bond acceptors (Lipinski definition) is 4. The number of benzene rings is 2. The molecule has 152 valence electrons. The van der Waals surface area contributed by atoms with E-state index in [0.29, 0.717) is 12.1 Å². The normalized spacial score (nSPS) is 13.1. The van der Waals surface area contributed by atoms with Gasteiger partial charge in [-0.15, -0.1) is 0 Å². The maximum absolute atomic E-state index is 11.6. The molecule has 1 aliphatic rings. The van der Waals surface area contributed by atoms with E-state index < -0.39 is 0 Å². The van der Waals surface area contributed by atoms with Crippen molar-refractivity contribution in [3.63, 3.8) is 0 Å². The van der Waals surface area contributed by atoms with E-state index in [1.54, 1.807) is 6.20 Å². The van der Waals surface area contributed by atoms with Crippen LogP contribution in [0.1, 0.15) is 29.3 Å². The first kappa shape index (κ1) is 20.1. The first-order valence-corrected chi connectivity index (χ1v) is 10.0. The molecule has 0 saturated heterocycles. The van der Waals surface area contributed by atoms with E-state index in [1.165, 1.54) is 6.92 Å². The van der Waals surface area contributed by atoms with Crippen LogP contribution in [0.4, 0.5) is 11.4 Å². The molecule has 0 atom stereocenters. The minimum Gasteiger partial charge on any atom is -0.343 e. The van der Waals surface area contributed by atoms with Gasteiger partial charge in [-0.1, -0.05) is 30.3 Å². The predicted molar refractivity (Wildman–Crippen MR) is 124 cm³/mol. The van der Waals surface area contributed by atoms with Crippen molar-refractivity contribution in [1.29, 1.82) is 5.26 Å². The van der Waals surface area contributed by atoms with Crippen molar-refractivity contribution in [2.75, 3.05) is 16.8 Å². The van der Waals surface area contributed by atoms with Crippen LogP contribution in [0.3, 0.4) is 0 Å². The quantitative estimate of drug-likeness (QED) is 0.649. The zero-order chi connectivity index (χ0) is 21.8. The lowest BCUT2D eigenvalue weighted by Crippen LogP contribution is -2.24. The summed E-state index contributed by atoms with van der Waals surface area (Å²) in [5, 5.41) is 12.5. The third-order valence-corrected chi connectivity index (χ3v) is 5.24. The molecule has 31 heavy (non-hydrogen) atoms. The number of aromatic nitrogens is 1. The minimum absolute atomic E-state index is 0.104. The summed E-state index contributed by atoms with van der Waals surface area (Å²) in [6, 6.07) is 21.6. The van der Waals surface area contributed by atoms with E-state index in [9.17, 15) is 10.1 Å². The Balaban J connectivity index is 1.83. The second kappa shape index (κ2) is 8.68. The lowest BCUT2D eigenvalue weighted by Gasteiger charge is -2.29. The number of carbonyl (C=O) groups excluding carboxylic acids is 1. The van der Waals surface area contributed by atoms with Crippen molar-refractivity contribution >= 4 is 28.4 Å². The molecular weight excluding hydrogens is 384 g/mol. The molecule has 5 nitrogen and oxygen atoms in total. The van der Waals surface area contributed by atoms with Crippen LogP contribution in [0.2, 0.25) is 0 Å². The Kier molecular flexibility index (Phi) is 5.63. The van der Waals surface area contributed by atoms with Gasteiger partial charge in [-0.05, 0) is 60.0 Å². The van der Waals surface area contributed by atoms with Gasteiger partial charge >= 0.3 is 0 Å². The zero-order valence-electron chi connectivity index (χ0n) is 17.5. The zero-order valence-corrected chi connectivity index (χ0v) is 17.5. The number of nitriles is 1. The van der Waals surface area contributed by atoms with Gasteiger partial charge < -0.3 is 10.2 Å². The molecule has 0 saturated carbocycles. The van der Waals surface area contributed by atoms with Crippen LogP contribution in [0.5, 0.6) is 0 Å². The number of pyridine rings is 1. The van der Waals surface area contributed by atoms with Crippen LogP contribution in [0, 0.1) is 18.3 Å². The van der Waals surface area contributed by atoms with Crippen molar-refractivity contribution < 1.29 is 4.79 Å². The van der Waals surface area contributed by atoms with Gasteiger partial charge in [0.25, 0.3) is 0 Å². The maximum Gasteiger partial charge on any atom is 0.221 e. The fraction of sp³-hybridized carbons (Fsp3) is 0.115. The predicted octanol–water partition coefficient (Wildman–Crippen LogP) is 5.16. The molecule has 3 aromatic rings. The minimum atomic E-state index is -0.104. The Morgan fingerprint density at radius 2 is 1.90 bits per heavy atom. The largest absolute Gasteiger partial charge is 0.343 e. The third kappa shape index (κ3) is 4.24. The highest BCUT2D eigenvalue weighted by Crippen LogP contribution is 2.35. The Morgan fingerprint density at radius 3 is 2.65 bits per heavy atom. The number of nitrogens with zero attached hydrogens (tertiary/aromatic N) is 3. The van der Waals surface area contributed by atoms with Gasteiger partial charge in [-0.25, -0.2) is 0 Å². The molecule has 1 N–H and O–H groups in total. The van der Waals surface area contributed by atoms with Crippen LogP contribution in [-0.2, 0) is 4.79 Å². The third-order valence-electron chi connectivity index (χ3n) is 5.24. The summed E-state index contributed by atoms with van der Waals surface area (Å²) < 4.78 is 0. The van der Waals surface area contributed by atoms with Crippen LogP contribution in [0.15, 0.2) is 79.1 Å². The molecule has 0 radical (unpaired) electrons. The first-order valence-electron chi connectivity index (χ1n) is 10.0. The molecule has 0 aliphatic carbocycles. The number of hydrogen-bond donors (Lipinski definition) is 1. The summed E-state index contributed by atoms with van der Waals surface area (Å²) in [7, 11) is 0. The van der Waals surface area contributed by atoms with Crippen LogP contribution in [-0.4, -0.2) is 17.4 Å². The number of amides is 1. The molecule has 5 heteroatoms. The van der Waals surface area contributed by atoms with Crippen molar-refractivity contribution in [3.05, 3.63) is 102 Å². The van der Waals surface area contributed by atoms with Gasteiger partial charge in [-0.3, -0.25) is 9.78 Å². The Morgan fingerprint density at radius 1 is 1.10 bits per heavy atom. The molecule has 4 rings (SSSR count). The Labute approximate surface area is 182 Å². The van der Waals surface area contributed by atoms with Gasteiger partial charge in [0.05, 0.1) is 17.3 Å². The van der Waals surface area contributed by atoms with Crippen LogP contribution >= 0.6 is 0 Å². The molecule has 1 aliphatic heterocycles. The van der Waals surface area contributed by atoms with Crippen molar-refractivity contribution in [1.82, 2.24) is 4.98 Å². The molecule has 2 aromatic carbocycles. The Bertz CT molecular complexity index is 1240. The molecular formula is C26H22N4O. The molecule has 1 amide bonds. The molecule has 0 bridgehead atoms. The van der Waals surface area contributed by atoms with E-state index in [4.69, 9.17) is 0 Å². The molecule has 0 spiro atoms. The lowest BCUT2D eigenvalue weighted by molar-refractivity contribution is -0.114. The second-order valence-corrected chi connectivity index (χ2v) is 7.39. The second-order valence-electron chi connectivity index (χ2n) is 7.39. The van der Waals surface area contributed by atoms with E-state index in [1.807, 2.05) is 67.6 Å². The Hall–Kier alpha value is -4.17. The number of nitrogens with one attached hydrogen (secondary N) is 1. The number of anilines is 2. The smallest absolute Gasteiger partial charge is 0.221 e. The fourth-order valence-electron chi connectivity index (χ4n) is 3.78. The first-order chi connectivity index (χ1) is 15.1. The molecule has 2 heterocycles. The summed E-state index contributed by atoms with van der Waals surface area (Å²) in [4.78, 5) is 18.3. The topological polar surface area (TPSA) is 69.0 Å². The average Bonchev–Trinajstić information content (AvgIpc) is 2.80. The van der Waals surface area contributed by atoms with Gasteiger partial charge in [0.15, 0.2) is 0 Å². The molecule has 1 aromatic heterocycles. The SMILES string of the molecule is CC(=O)Nc1cccc(N2C=C(c3ccccn3)C=C(c3ccccc3C#N)C2)c1C. The molecule has 0 fully saturated rings. The fourth-order valence-corrected chi connectivity index (χ4v) is 3.78. The van der Waals surface area contributed by atoms with Crippen molar-refractivity contribution in [3.8, 4) is 6.07 Å². The number of carbonyl (C=O) groups is 1. The van der Waals surface area contributed by atoms with E-state index in [0.717, 1.165) is 39.3 Å². The summed E-state index contributed by atoms with van der Waals surface area (Å²) in [6.45, 7) is 4.10. The van der Waals surface area contributed by atoms with Gasteiger partial charge in [-0.2, -0.15) is 5.26 Å². The van der Waals surface area contributed by atoms with Crippen molar-refractivity contribution in [2.24, 2.45) is 0 Å². The summed E-state index contributed by atoms with van der Waals surface area (Å²) >= 11 is 0. The highest BCUT2D eigenvalue weighted by Gasteiger charge is 2.20. The summed E-state index contributed by atoms with van der Waals surface area (Å²) in [6.07, 6.45) is 5.94. The average molecular weight is 406 g/mol. The highest BCUT2D eigenvalue weighted by atomic mass is 16.1. The van der Waals surface area contributed by atoms with Crippen LogP contribution < -0.4 is 10.2 Å². The summed E-state index contributed by atoms with van der Waals surface area (Å²) in [5.74, 6) is -0.104. The van der Waals surface area contributed by atoms with Crippen LogP contribution in [0.25, 0.3) is 11.1 Å². The van der Waals surface area contributed by atoms with E-state index >= 15 is 0 Å². The van der Waals surface area contributed by atoms with Gasteiger partial charge in [0.2, 0.25) is 5.91 Å². The van der Waals surface area contributed by atoms with E-state index in [2.05, 4.69) is 33.5 Å². The monoisotopic (exact) mass is 406 g/mol. The van der Waals surface area contributed by atoms with Gasteiger partial charge in [0, 0.05) is 42.8 Å². The van der Waals surface area contributed by atoms with Crippen molar-refractivity contribution in [2.45, 2.75) is 13.8 Å². The lowest BCUT2D eigenvalue weighted by atomic mass is 9.94. The van der Waals surface area contributed by atoms with E-state index in [-0.39, 0.29) is 5.91 Å².